The van der Waals surface area contributed by atoms with Crippen molar-refractivity contribution >= 4 is 11.3 Å². The fourth-order valence-electron chi connectivity index (χ4n) is 1.75. The second-order valence-electron chi connectivity index (χ2n) is 3.95. The standard InChI is InChI=1S/C13H13F2NOS/c1-7-5-10(15)8(6-9(7)14)12(16)13-11(17-2)3-4-18-13/h3-6,12H,16H2,1-2H3. The molecule has 0 fully saturated rings. The lowest BCUT2D eigenvalue weighted by Crippen LogP contribution is -2.14. The highest BCUT2D eigenvalue weighted by Crippen LogP contribution is 2.34. The van der Waals surface area contributed by atoms with E-state index in [2.05, 4.69) is 0 Å². The van der Waals surface area contributed by atoms with Crippen LogP contribution in [0.3, 0.4) is 0 Å². The summed E-state index contributed by atoms with van der Waals surface area (Å²) in [6.45, 7) is 1.51. The van der Waals surface area contributed by atoms with Crippen molar-refractivity contribution in [2.24, 2.45) is 5.73 Å². The van der Waals surface area contributed by atoms with E-state index in [-0.39, 0.29) is 11.1 Å². The molecule has 2 rings (SSSR count). The van der Waals surface area contributed by atoms with Gasteiger partial charge in [0.05, 0.1) is 18.0 Å². The summed E-state index contributed by atoms with van der Waals surface area (Å²) in [4.78, 5) is 0.680. The average molecular weight is 269 g/mol. The zero-order valence-electron chi connectivity index (χ0n) is 10.0. The summed E-state index contributed by atoms with van der Waals surface area (Å²) in [5.41, 5.74) is 6.38. The van der Waals surface area contributed by atoms with Crippen LogP contribution in [0.2, 0.25) is 0 Å². The second-order valence-corrected chi connectivity index (χ2v) is 4.90. The van der Waals surface area contributed by atoms with Crippen molar-refractivity contribution in [3.63, 3.8) is 0 Å². The summed E-state index contributed by atoms with van der Waals surface area (Å²) in [5.74, 6) is -0.373. The van der Waals surface area contributed by atoms with Crippen LogP contribution in [0.1, 0.15) is 22.0 Å². The fraction of sp³-hybridized carbons (Fsp3) is 0.231. The van der Waals surface area contributed by atoms with Gasteiger partial charge >= 0.3 is 0 Å². The number of hydrogen-bond acceptors (Lipinski definition) is 3. The van der Waals surface area contributed by atoms with E-state index in [9.17, 15) is 8.78 Å². The minimum Gasteiger partial charge on any atom is -0.496 e. The van der Waals surface area contributed by atoms with Gasteiger partial charge in [0, 0.05) is 5.56 Å². The maximum Gasteiger partial charge on any atom is 0.134 e. The topological polar surface area (TPSA) is 35.2 Å². The van der Waals surface area contributed by atoms with Gasteiger partial charge in [-0.2, -0.15) is 0 Å². The number of aryl methyl sites for hydroxylation is 1. The SMILES string of the molecule is COc1ccsc1C(N)c1cc(F)c(C)cc1F. The molecule has 0 aliphatic carbocycles. The highest BCUT2D eigenvalue weighted by molar-refractivity contribution is 7.10. The summed E-state index contributed by atoms with van der Waals surface area (Å²) >= 11 is 1.36. The van der Waals surface area contributed by atoms with E-state index in [4.69, 9.17) is 10.5 Å². The minimum absolute atomic E-state index is 0.138. The molecule has 2 nitrogen and oxygen atoms in total. The van der Waals surface area contributed by atoms with Crippen LogP contribution >= 0.6 is 11.3 Å². The number of methoxy groups -OCH3 is 1. The normalized spacial score (nSPS) is 12.5. The van der Waals surface area contributed by atoms with Crippen LogP contribution < -0.4 is 10.5 Å². The first-order chi connectivity index (χ1) is 8.54. The maximum absolute atomic E-state index is 13.8. The molecule has 1 aromatic heterocycles. The summed E-state index contributed by atoms with van der Waals surface area (Å²) in [5, 5.41) is 1.80. The molecule has 0 radical (unpaired) electrons. The number of ether oxygens (including phenoxy) is 1. The highest BCUT2D eigenvalue weighted by atomic mass is 32.1. The van der Waals surface area contributed by atoms with Crippen molar-refractivity contribution in [1.29, 1.82) is 0 Å². The summed E-state index contributed by atoms with van der Waals surface area (Å²) in [7, 11) is 1.52. The largest absolute Gasteiger partial charge is 0.496 e. The molecule has 0 saturated carbocycles. The van der Waals surface area contributed by atoms with Crippen molar-refractivity contribution in [3.05, 3.63) is 51.2 Å². The van der Waals surface area contributed by atoms with E-state index in [1.807, 2.05) is 0 Å². The lowest BCUT2D eigenvalue weighted by molar-refractivity contribution is 0.410. The van der Waals surface area contributed by atoms with E-state index in [1.165, 1.54) is 25.4 Å². The maximum atomic E-state index is 13.8. The molecule has 0 spiro atoms. The van der Waals surface area contributed by atoms with Crippen molar-refractivity contribution in [2.75, 3.05) is 7.11 Å². The predicted molar refractivity (Wildman–Crippen MR) is 68.0 cm³/mol. The molecule has 0 amide bonds. The Labute approximate surface area is 108 Å². The number of hydrogen-bond donors (Lipinski definition) is 1. The van der Waals surface area contributed by atoms with E-state index < -0.39 is 17.7 Å². The smallest absolute Gasteiger partial charge is 0.134 e. The van der Waals surface area contributed by atoms with Crippen molar-refractivity contribution in [3.8, 4) is 5.75 Å². The Hall–Kier alpha value is -1.46. The van der Waals surface area contributed by atoms with Gasteiger partial charge < -0.3 is 10.5 Å². The van der Waals surface area contributed by atoms with E-state index in [0.29, 0.717) is 10.6 Å². The van der Waals surface area contributed by atoms with Gasteiger partial charge in [-0.1, -0.05) is 0 Å². The van der Waals surface area contributed by atoms with Crippen LogP contribution in [-0.2, 0) is 0 Å². The molecule has 2 N–H and O–H groups in total. The van der Waals surface area contributed by atoms with Gasteiger partial charge in [0.1, 0.15) is 17.4 Å². The zero-order valence-corrected chi connectivity index (χ0v) is 10.9. The molecule has 5 heteroatoms. The molecular weight excluding hydrogens is 256 g/mol. The summed E-state index contributed by atoms with van der Waals surface area (Å²) in [6, 6.07) is 3.33. The molecule has 2 aromatic rings. The van der Waals surface area contributed by atoms with E-state index in [1.54, 1.807) is 11.4 Å². The molecule has 0 bridgehead atoms. The van der Waals surface area contributed by atoms with E-state index >= 15 is 0 Å². The van der Waals surface area contributed by atoms with Crippen LogP contribution in [0.4, 0.5) is 8.78 Å². The quantitative estimate of drug-likeness (QED) is 0.927. The molecule has 1 atom stereocenters. The van der Waals surface area contributed by atoms with Crippen molar-refractivity contribution < 1.29 is 13.5 Å². The third kappa shape index (κ3) is 2.23. The Kier molecular flexibility index (Phi) is 3.63. The molecule has 1 aromatic carbocycles. The lowest BCUT2D eigenvalue weighted by atomic mass is 10.0. The van der Waals surface area contributed by atoms with Crippen LogP contribution in [0.15, 0.2) is 23.6 Å². The predicted octanol–water partition coefficient (Wildman–Crippen LogP) is 3.39. The fourth-order valence-corrected chi connectivity index (χ4v) is 2.63. The van der Waals surface area contributed by atoms with Crippen LogP contribution in [0.25, 0.3) is 0 Å². The number of benzene rings is 1. The van der Waals surface area contributed by atoms with Crippen LogP contribution in [0.5, 0.6) is 5.75 Å². The van der Waals surface area contributed by atoms with Gasteiger partial charge in [-0.15, -0.1) is 11.3 Å². The Bertz CT molecular complexity index is 568. The van der Waals surface area contributed by atoms with Crippen molar-refractivity contribution in [2.45, 2.75) is 13.0 Å². The first-order valence-corrected chi connectivity index (χ1v) is 6.25. The number of halogens is 2. The Morgan fingerprint density at radius 3 is 2.67 bits per heavy atom. The molecule has 0 saturated heterocycles. The molecule has 1 unspecified atom stereocenters. The lowest BCUT2D eigenvalue weighted by Gasteiger charge is -2.14. The molecular formula is C13H13F2NOS. The van der Waals surface area contributed by atoms with Gasteiger partial charge in [-0.05, 0) is 36.1 Å². The monoisotopic (exact) mass is 269 g/mol. The minimum atomic E-state index is -0.727. The number of rotatable bonds is 3. The first-order valence-electron chi connectivity index (χ1n) is 5.37. The zero-order chi connectivity index (χ0) is 13.3. The number of thiophene rings is 1. The van der Waals surface area contributed by atoms with Crippen LogP contribution in [0, 0.1) is 18.6 Å². The van der Waals surface area contributed by atoms with Gasteiger partial charge in [0.15, 0.2) is 0 Å². The van der Waals surface area contributed by atoms with Gasteiger partial charge in [0.2, 0.25) is 0 Å². The molecule has 18 heavy (non-hydrogen) atoms. The molecule has 0 aliphatic heterocycles. The Morgan fingerprint density at radius 2 is 2.00 bits per heavy atom. The van der Waals surface area contributed by atoms with Gasteiger partial charge in [-0.3, -0.25) is 0 Å². The first kappa shape index (κ1) is 13.0. The Morgan fingerprint density at radius 1 is 1.28 bits per heavy atom. The van der Waals surface area contributed by atoms with Crippen LogP contribution in [-0.4, -0.2) is 7.11 Å². The second kappa shape index (κ2) is 5.04. The van der Waals surface area contributed by atoms with Gasteiger partial charge in [0.25, 0.3) is 0 Å². The third-order valence-corrected chi connectivity index (χ3v) is 3.75. The summed E-state index contributed by atoms with van der Waals surface area (Å²) < 4.78 is 32.5. The van der Waals surface area contributed by atoms with Crippen molar-refractivity contribution in [1.82, 2.24) is 0 Å². The highest BCUT2D eigenvalue weighted by Gasteiger charge is 2.20. The molecule has 96 valence electrons. The Balaban J connectivity index is 2.46. The molecule has 1 heterocycles. The number of nitrogens with two attached hydrogens (primary N) is 1. The molecule has 0 aliphatic rings. The average Bonchev–Trinajstić information content (AvgIpc) is 2.81. The van der Waals surface area contributed by atoms with E-state index in [0.717, 1.165) is 12.1 Å². The summed E-state index contributed by atoms with van der Waals surface area (Å²) in [6.07, 6.45) is 0. The van der Waals surface area contributed by atoms with Gasteiger partial charge in [-0.25, -0.2) is 8.78 Å². The third-order valence-electron chi connectivity index (χ3n) is 2.77.